The highest BCUT2D eigenvalue weighted by Gasteiger charge is 2.16. The number of aromatic nitrogens is 5. The first kappa shape index (κ1) is 15.7. The lowest BCUT2D eigenvalue weighted by molar-refractivity contribution is 0.0685. The molecule has 0 aliphatic carbocycles. The first-order valence-corrected chi connectivity index (χ1v) is 7.00. The van der Waals surface area contributed by atoms with E-state index >= 15 is 0 Å². The molecule has 2 heterocycles. The Bertz CT molecular complexity index is 885. The SMILES string of the molecule is Cn1nc(OCc2c(-c3ccc(F)cc3)nnn2C)cc1C(=O)O. The number of carboxylic acids is 1. The molecule has 9 heteroatoms. The van der Waals surface area contributed by atoms with Crippen molar-refractivity contribution in [3.05, 3.63) is 47.5 Å². The zero-order valence-electron chi connectivity index (χ0n) is 13.0. The van der Waals surface area contributed by atoms with Crippen molar-refractivity contribution in [2.24, 2.45) is 14.1 Å². The summed E-state index contributed by atoms with van der Waals surface area (Å²) in [6.07, 6.45) is 0. The molecule has 0 amide bonds. The van der Waals surface area contributed by atoms with Gasteiger partial charge in [0.05, 0.1) is 0 Å². The van der Waals surface area contributed by atoms with Gasteiger partial charge >= 0.3 is 5.97 Å². The maximum Gasteiger partial charge on any atom is 0.354 e. The molecule has 0 fully saturated rings. The molecule has 124 valence electrons. The smallest absolute Gasteiger partial charge is 0.354 e. The van der Waals surface area contributed by atoms with Crippen molar-refractivity contribution in [1.82, 2.24) is 24.8 Å². The van der Waals surface area contributed by atoms with Crippen LogP contribution in [0, 0.1) is 5.82 Å². The van der Waals surface area contributed by atoms with Crippen molar-refractivity contribution in [2.45, 2.75) is 6.61 Å². The molecule has 0 radical (unpaired) electrons. The van der Waals surface area contributed by atoms with Gasteiger partial charge in [-0.25, -0.2) is 13.9 Å². The van der Waals surface area contributed by atoms with Crippen LogP contribution in [-0.2, 0) is 20.7 Å². The molecule has 8 nitrogen and oxygen atoms in total. The number of aromatic carboxylic acids is 1. The van der Waals surface area contributed by atoms with E-state index in [4.69, 9.17) is 9.84 Å². The van der Waals surface area contributed by atoms with E-state index in [1.54, 1.807) is 23.9 Å². The quantitative estimate of drug-likeness (QED) is 0.763. The summed E-state index contributed by atoms with van der Waals surface area (Å²) in [5.74, 6) is -1.25. The summed E-state index contributed by atoms with van der Waals surface area (Å²) >= 11 is 0. The van der Waals surface area contributed by atoms with E-state index in [1.807, 2.05) is 0 Å². The van der Waals surface area contributed by atoms with Crippen molar-refractivity contribution >= 4 is 5.97 Å². The van der Waals surface area contributed by atoms with Gasteiger partial charge in [-0.2, -0.15) is 0 Å². The number of aryl methyl sites for hydroxylation is 2. The zero-order chi connectivity index (χ0) is 17.3. The Morgan fingerprint density at radius 1 is 1.25 bits per heavy atom. The topological polar surface area (TPSA) is 95.1 Å². The number of benzene rings is 1. The third-order valence-electron chi connectivity index (χ3n) is 3.49. The minimum absolute atomic E-state index is 0.0203. The molecule has 24 heavy (non-hydrogen) atoms. The van der Waals surface area contributed by atoms with Gasteiger partial charge < -0.3 is 9.84 Å². The van der Waals surface area contributed by atoms with Crippen molar-refractivity contribution in [3.63, 3.8) is 0 Å². The fourth-order valence-electron chi connectivity index (χ4n) is 2.22. The van der Waals surface area contributed by atoms with Crippen LogP contribution in [0.1, 0.15) is 16.2 Å². The van der Waals surface area contributed by atoms with Gasteiger partial charge in [0, 0.05) is 25.7 Å². The van der Waals surface area contributed by atoms with Crippen LogP contribution >= 0.6 is 0 Å². The van der Waals surface area contributed by atoms with Gasteiger partial charge in [0.15, 0.2) is 0 Å². The van der Waals surface area contributed by atoms with Gasteiger partial charge in [-0.1, -0.05) is 5.21 Å². The fourth-order valence-corrected chi connectivity index (χ4v) is 2.22. The highest BCUT2D eigenvalue weighted by Crippen LogP contribution is 2.22. The molecule has 0 saturated carbocycles. The lowest BCUT2D eigenvalue weighted by Crippen LogP contribution is -2.05. The Kier molecular flexibility index (Phi) is 3.98. The van der Waals surface area contributed by atoms with Crippen LogP contribution in [0.25, 0.3) is 11.3 Å². The predicted molar refractivity (Wildman–Crippen MR) is 80.9 cm³/mol. The summed E-state index contributed by atoms with van der Waals surface area (Å²) in [5.41, 5.74) is 1.94. The lowest BCUT2D eigenvalue weighted by Gasteiger charge is -2.05. The third kappa shape index (κ3) is 2.96. The number of hydrogen-bond donors (Lipinski definition) is 1. The van der Waals surface area contributed by atoms with Crippen molar-refractivity contribution in [3.8, 4) is 17.1 Å². The van der Waals surface area contributed by atoms with Gasteiger partial charge in [-0.05, 0) is 24.3 Å². The highest BCUT2D eigenvalue weighted by molar-refractivity contribution is 5.85. The number of carbonyl (C=O) groups is 1. The molecule has 0 saturated heterocycles. The van der Waals surface area contributed by atoms with Crippen LogP contribution in [0.4, 0.5) is 4.39 Å². The second-order valence-electron chi connectivity index (χ2n) is 5.10. The van der Waals surface area contributed by atoms with Crippen LogP contribution in [0.2, 0.25) is 0 Å². The van der Waals surface area contributed by atoms with Crippen molar-refractivity contribution in [1.29, 1.82) is 0 Å². The van der Waals surface area contributed by atoms with Gasteiger partial charge in [0.2, 0.25) is 5.88 Å². The molecular formula is C15H14FN5O3. The molecule has 0 spiro atoms. The van der Waals surface area contributed by atoms with Crippen LogP contribution < -0.4 is 4.74 Å². The average Bonchev–Trinajstić information content (AvgIpc) is 3.09. The van der Waals surface area contributed by atoms with E-state index in [-0.39, 0.29) is 24.0 Å². The van der Waals surface area contributed by atoms with Gasteiger partial charge in [0.1, 0.15) is 29.5 Å². The number of nitrogens with zero attached hydrogens (tertiary/aromatic N) is 5. The van der Waals surface area contributed by atoms with Crippen LogP contribution in [0.15, 0.2) is 30.3 Å². The molecule has 3 rings (SSSR count). The summed E-state index contributed by atoms with van der Waals surface area (Å²) < 4.78 is 21.4. The van der Waals surface area contributed by atoms with Crippen LogP contribution in [0.3, 0.4) is 0 Å². The number of carboxylic acid groups (broad SMARTS) is 1. The van der Waals surface area contributed by atoms with E-state index in [1.165, 1.54) is 29.9 Å². The van der Waals surface area contributed by atoms with Crippen LogP contribution in [-0.4, -0.2) is 35.9 Å². The normalized spacial score (nSPS) is 10.8. The molecule has 0 unspecified atom stereocenters. The highest BCUT2D eigenvalue weighted by atomic mass is 19.1. The first-order chi connectivity index (χ1) is 11.5. The van der Waals surface area contributed by atoms with Gasteiger partial charge in [-0.15, -0.1) is 10.2 Å². The Hall–Kier alpha value is -3.23. The average molecular weight is 331 g/mol. The second kappa shape index (κ2) is 6.11. The number of hydrogen-bond acceptors (Lipinski definition) is 5. The Labute approximate surface area is 136 Å². The van der Waals surface area contributed by atoms with E-state index in [9.17, 15) is 9.18 Å². The molecule has 0 bridgehead atoms. The Morgan fingerprint density at radius 3 is 2.58 bits per heavy atom. The molecule has 2 aromatic heterocycles. The minimum Gasteiger partial charge on any atom is -0.477 e. The summed E-state index contributed by atoms with van der Waals surface area (Å²) in [7, 11) is 3.23. The summed E-state index contributed by atoms with van der Waals surface area (Å²) in [5, 5.41) is 21.0. The monoisotopic (exact) mass is 331 g/mol. The minimum atomic E-state index is -1.09. The molecule has 1 N–H and O–H groups in total. The van der Waals surface area contributed by atoms with E-state index in [0.717, 1.165) is 0 Å². The third-order valence-corrected chi connectivity index (χ3v) is 3.49. The van der Waals surface area contributed by atoms with Crippen LogP contribution in [0.5, 0.6) is 5.88 Å². The molecule has 3 aromatic rings. The van der Waals surface area contributed by atoms with E-state index in [0.29, 0.717) is 17.0 Å². The summed E-state index contributed by atoms with van der Waals surface area (Å²) in [6.45, 7) is 0.0896. The van der Waals surface area contributed by atoms with Gasteiger partial charge in [0.25, 0.3) is 0 Å². The van der Waals surface area contributed by atoms with E-state index in [2.05, 4.69) is 15.4 Å². The molecule has 1 aromatic carbocycles. The Balaban J connectivity index is 1.83. The predicted octanol–water partition coefficient (Wildman–Crippen LogP) is 1.63. The summed E-state index contributed by atoms with van der Waals surface area (Å²) in [4.78, 5) is 11.0. The first-order valence-electron chi connectivity index (χ1n) is 7.00. The maximum absolute atomic E-state index is 13.1. The lowest BCUT2D eigenvalue weighted by atomic mass is 10.1. The largest absolute Gasteiger partial charge is 0.477 e. The van der Waals surface area contributed by atoms with E-state index < -0.39 is 5.97 Å². The Morgan fingerprint density at radius 2 is 1.96 bits per heavy atom. The van der Waals surface area contributed by atoms with Crippen molar-refractivity contribution in [2.75, 3.05) is 0 Å². The molecular weight excluding hydrogens is 317 g/mol. The number of halogens is 1. The number of ether oxygens (including phenoxy) is 1. The van der Waals surface area contributed by atoms with Crippen molar-refractivity contribution < 1.29 is 19.0 Å². The zero-order valence-corrected chi connectivity index (χ0v) is 13.0. The molecule has 0 aliphatic rings. The maximum atomic E-state index is 13.1. The summed E-state index contributed by atoms with van der Waals surface area (Å²) in [6, 6.07) is 7.22. The van der Waals surface area contributed by atoms with Gasteiger partial charge in [-0.3, -0.25) is 4.68 Å². The molecule has 0 atom stereocenters. The fraction of sp³-hybridized carbons (Fsp3) is 0.200. The standard InChI is InChI=1S/C15H14FN5O3/c1-20-11(15(22)23)7-13(18-20)24-8-12-14(17-19-21(12)2)9-3-5-10(16)6-4-9/h3-7H,8H2,1-2H3,(H,22,23). The second-order valence-corrected chi connectivity index (χ2v) is 5.10. The number of rotatable bonds is 5. The molecule has 0 aliphatic heterocycles.